The summed E-state index contributed by atoms with van der Waals surface area (Å²) in [6, 6.07) is 0. The molecular weight excluding hydrogens is 187 g/mol. The van der Waals surface area contributed by atoms with Gasteiger partial charge in [-0.2, -0.15) is 0 Å². The maximum atomic E-state index is 4.62. The van der Waals surface area contributed by atoms with Crippen LogP contribution in [0.2, 0.25) is 0 Å². The third-order valence-electron chi connectivity index (χ3n) is 3.30. The molecule has 3 heteroatoms. The smallest absolute Gasteiger partial charge is 0.661 e. The summed E-state index contributed by atoms with van der Waals surface area (Å²) in [5.41, 5.74) is 1.10. The Kier molecular flexibility index (Phi) is 4.47. The minimum atomic E-state index is 0. The summed E-state index contributed by atoms with van der Waals surface area (Å²) >= 11 is 0. The molecule has 2 rings (SSSR count). The number of piperidine rings is 1. The van der Waals surface area contributed by atoms with Crippen molar-refractivity contribution in [1.82, 2.24) is 5.32 Å². The van der Waals surface area contributed by atoms with Gasteiger partial charge in [-0.3, -0.25) is 0 Å². The van der Waals surface area contributed by atoms with E-state index < -0.39 is 0 Å². The van der Waals surface area contributed by atoms with Gasteiger partial charge in [0.25, 0.3) is 0 Å². The molecular formula is C10H19KN2. The van der Waals surface area contributed by atoms with Gasteiger partial charge in [-0.1, -0.05) is 6.92 Å². The molecule has 1 aliphatic carbocycles. The fourth-order valence-electron chi connectivity index (χ4n) is 2.64. The molecule has 2 fully saturated rings. The second-order valence-corrected chi connectivity index (χ2v) is 5.06. The zero-order valence-corrected chi connectivity index (χ0v) is 12.3. The summed E-state index contributed by atoms with van der Waals surface area (Å²) in [7, 11) is 2.04. The van der Waals surface area contributed by atoms with Crippen molar-refractivity contribution in [2.75, 3.05) is 26.7 Å². The molecule has 2 aliphatic rings. The van der Waals surface area contributed by atoms with Crippen LogP contribution in [0, 0.1) is 10.8 Å². The van der Waals surface area contributed by atoms with Crippen LogP contribution >= 0.6 is 0 Å². The predicted octanol–water partition coefficient (Wildman–Crippen LogP) is -1.23. The molecule has 13 heavy (non-hydrogen) atoms. The molecule has 1 N–H and O–H groups in total. The van der Waals surface area contributed by atoms with E-state index >= 15 is 0 Å². The normalized spacial score (nSPS) is 35.5. The zero-order chi connectivity index (χ0) is 8.66. The Labute approximate surface area is 124 Å². The Bertz CT molecular complexity index is 176. The van der Waals surface area contributed by atoms with Crippen LogP contribution in [0.25, 0.3) is 5.32 Å². The Morgan fingerprint density at radius 2 is 2.00 bits per heavy atom. The Morgan fingerprint density at radius 1 is 1.31 bits per heavy atom. The van der Waals surface area contributed by atoms with Gasteiger partial charge in [0.1, 0.15) is 0 Å². The molecule has 1 spiro atoms. The van der Waals surface area contributed by atoms with E-state index in [-0.39, 0.29) is 51.4 Å². The summed E-state index contributed by atoms with van der Waals surface area (Å²) < 4.78 is 0. The monoisotopic (exact) mass is 206 g/mol. The molecule has 70 valence electrons. The molecule has 1 atom stereocenters. The number of hydrogen-bond acceptors (Lipinski definition) is 1. The molecule has 1 saturated heterocycles. The first-order valence-corrected chi connectivity index (χ1v) is 4.96. The molecule has 0 aromatic rings. The van der Waals surface area contributed by atoms with E-state index in [2.05, 4.69) is 17.6 Å². The van der Waals surface area contributed by atoms with Crippen molar-refractivity contribution < 1.29 is 51.4 Å². The van der Waals surface area contributed by atoms with Gasteiger partial charge in [-0.25, -0.2) is 0 Å². The molecule has 0 radical (unpaired) electrons. The minimum Gasteiger partial charge on any atom is -0.661 e. The number of rotatable bonds is 2. The van der Waals surface area contributed by atoms with E-state index in [1.165, 1.54) is 19.3 Å². The summed E-state index contributed by atoms with van der Waals surface area (Å²) in [5, 5.41) is 7.91. The van der Waals surface area contributed by atoms with Crippen molar-refractivity contribution in [2.45, 2.75) is 26.2 Å². The van der Waals surface area contributed by atoms with Crippen molar-refractivity contribution in [3.05, 3.63) is 5.32 Å². The predicted molar refractivity (Wildman–Crippen MR) is 51.4 cm³/mol. The number of nitrogens with one attached hydrogen (secondary N) is 1. The van der Waals surface area contributed by atoms with Gasteiger partial charge >= 0.3 is 51.4 Å². The first-order valence-electron chi connectivity index (χ1n) is 4.96. The van der Waals surface area contributed by atoms with Gasteiger partial charge < -0.3 is 10.6 Å². The van der Waals surface area contributed by atoms with Crippen LogP contribution in [0.15, 0.2) is 0 Å². The van der Waals surface area contributed by atoms with E-state index in [0.717, 1.165) is 19.6 Å². The van der Waals surface area contributed by atoms with Crippen molar-refractivity contribution in [1.29, 1.82) is 0 Å². The second-order valence-electron chi connectivity index (χ2n) is 5.06. The van der Waals surface area contributed by atoms with Crippen molar-refractivity contribution in [3.8, 4) is 0 Å². The average Bonchev–Trinajstić information content (AvgIpc) is 2.68. The number of nitrogens with zero attached hydrogens (tertiary/aromatic N) is 1. The van der Waals surface area contributed by atoms with Crippen LogP contribution in [-0.4, -0.2) is 26.7 Å². The van der Waals surface area contributed by atoms with Gasteiger partial charge in [-0.15, -0.1) is 13.1 Å². The maximum absolute atomic E-state index is 4.62. The summed E-state index contributed by atoms with van der Waals surface area (Å²) in [5.74, 6) is 0. The fourth-order valence-corrected chi connectivity index (χ4v) is 2.64. The summed E-state index contributed by atoms with van der Waals surface area (Å²) in [6.45, 7) is 5.70. The Hall–Kier alpha value is 1.56. The van der Waals surface area contributed by atoms with Crippen molar-refractivity contribution in [2.24, 2.45) is 10.8 Å². The van der Waals surface area contributed by atoms with Gasteiger partial charge in [0.05, 0.1) is 0 Å². The van der Waals surface area contributed by atoms with Crippen molar-refractivity contribution >= 4 is 0 Å². The summed E-state index contributed by atoms with van der Waals surface area (Å²) in [4.78, 5) is 0. The van der Waals surface area contributed by atoms with Gasteiger partial charge in [0.2, 0.25) is 0 Å². The average molecular weight is 206 g/mol. The molecule has 2 nitrogen and oxygen atoms in total. The molecule has 0 amide bonds. The van der Waals surface area contributed by atoms with Crippen LogP contribution in [0.5, 0.6) is 0 Å². The fraction of sp³-hybridized carbons (Fsp3) is 1.00. The molecule has 1 heterocycles. The van der Waals surface area contributed by atoms with Gasteiger partial charge in [0.15, 0.2) is 0 Å². The van der Waals surface area contributed by atoms with Crippen LogP contribution in [0.4, 0.5) is 0 Å². The van der Waals surface area contributed by atoms with Crippen LogP contribution in [0.3, 0.4) is 0 Å². The first kappa shape index (κ1) is 12.6. The van der Waals surface area contributed by atoms with Gasteiger partial charge in [-0.05, 0) is 43.7 Å². The molecule has 1 unspecified atom stereocenters. The quantitative estimate of drug-likeness (QED) is 0.563. The Balaban J connectivity index is 0.000000845. The van der Waals surface area contributed by atoms with E-state index in [4.69, 9.17) is 0 Å². The first-order chi connectivity index (χ1) is 5.68. The second kappa shape index (κ2) is 4.60. The zero-order valence-electron chi connectivity index (χ0n) is 9.19. The van der Waals surface area contributed by atoms with Gasteiger partial charge in [0, 0.05) is 0 Å². The molecule has 0 aromatic carbocycles. The van der Waals surface area contributed by atoms with E-state index in [9.17, 15) is 0 Å². The van der Waals surface area contributed by atoms with E-state index in [0.29, 0.717) is 10.8 Å². The standard InChI is InChI=1S/C10H19N2.K/c1-9(6-11-2)5-10(3-4-10)8-12-7-9;/h11H,3-8H2,1-2H3;/q-1;+1. The molecule has 0 aromatic heterocycles. The Morgan fingerprint density at radius 3 is 2.54 bits per heavy atom. The largest absolute Gasteiger partial charge is 1.00 e. The van der Waals surface area contributed by atoms with Crippen LogP contribution in [0.1, 0.15) is 26.2 Å². The third kappa shape index (κ3) is 3.00. The van der Waals surface area contributed by atoms with E-state index in [1.807, 2.05) is 7.05 Å². The molecule has 0 bridgehead atoms. The summed E-state index contributed by atoms with van der Waals surface area (Å²) in [6.07, 6.45) is 4.25. The van der Waals surface area contributed by atoms with Crippen LogP contribution in [-0.2, 0) is 0 Å². The van der Waals surface area contributed by atoms with Crippen LogP contribution < -0.4 is 56.7 Å². The minimum absolute atomic E-state index is 0. The third-order valence-corrected chi connectivity index (χ3v) is 3.30. The number of hydrogen-bond donors (Lipinski definition) is 1. The topological polar surface area (TPSA) is 26.1 Å². The van der Waals surface area contributed by atoms with E-state index in [1.54, 1.807) is 0 Å². The maximum Gasteiger partial charge on any atom is 1.00 e. The molecule has 1 saturated carbocycles. The molecule has 1 aliphatic heterocycles. The SMILES string of the molecule is CNCC1(C)C[N-]CC2(CC2)C1.[K+]. The van der Waals surface area contributed by atoms with Crippen molar-refractivity contribution in [3.63, 3.8) is 0 Å².